The molecule has 1 aromatic rings. The normalized spacial score (nSPS) is 10.9. The lowest BCUT2D eigenvalue weighted by molar-refractivity contribution is 0.515. The highest BCUT2D eigenvalue weighted by atomic mass is 127. The highest BCUT2D eigenvalue weighted by Gasteiger charge is 2.12. The van der Waals surface area contributed by atoms with Crippen LogP contribution in [0, 0.1) is 0 Å². The molecule has 2 N–H and O–H groups in total. The second kappa shape index (κ2) is 5.71. The Hall–Kier alpha value is -0.0900. The summed E-state index contributed by atoms with van der Waals surface area (Å²) in [4.78, 5) is 0. The molecule has 0 radical (unpaired) electrons. The fourth-order valence-electron chi connectivity index (χ4n) is 1.57. The molecule has 2 heteroatoms. The number of rotatable bonds is 3. The van der Waals surface area contributed by atoms with Gasteiger partial charge in [-0.25, -0.2) is 0 Å². The number of nitrogens with two attached hydrogens (primary N) is 1. The van der Waals surface area contributed by atoms with Crippen molar-refractivity contribution in [1.82, 2.24) is 0 Å². The third kappa shape index (κ3) is 4.42. The molecule has 0 unspecified atom stereocenters. The highest BCUT2D eigenvalue weighted by Crippen LogP contribution is 2.15. The molecule has 0 aromatic heterocycles. The summed E-state index contributed by atoms with van der Waals surface area (Å²) in [5.74, 6) is 0. The summed E-state index contributed by atoms with van der Waals surface area (Å²) in [6.07, 6.45) is 2.04. The smallest absolute Gasteiger partial charge is 0.0138 e. The molecule has 0 aliphatic rings. The first-order valence-electron chi connectivity index (χ1n) is 4.88. The van der Waals surface area contributed by atoms with Gasteiger partial charge < -0.3 is 5.73 Å². The maximum absolute atomic E-state index is 5.99. The lowest BCUT2D eigenvalue weighted by Crippen LogP contribution is -2.34. The van der Waals surface area contributed by atoms with E-state index in [0.29, 0.717) is 0 Å². The molecule has 0 aliphatic carbocycles. The summed E-state index contributed by atoms with van der Waals surface area (Å²) in [6.45, 7) is 6.32. The predicted molar refractivity (Wildman–Crippen MR) is 73.2 cm³/mol. The minimum Gasteiger partial charge on any atom is -0.325 e. The van der Waals surface area contributed by atoms with E-state index in [1.807, 2.05) is 0 Å². The molecule has 1 rings (SSSR count). The Balaban J connectivity index is 0.00000169. The Morgan fingerprint density at radius 1 is 1.14 bits per heavy atom. The number of benzene rings is 1. The minimum absolute atomic E-state index is 0. The van der Waals surface area contributed by atoms with Crippen LogP contribution in [-0.4, -0.2) is 5.54 Å². The van der Waals surface area contributed by atoms with Crippen molar-refractivity contribution in [2.75, 3.05) is 0 Å². The van der Waals surface area contributed by atoms with Crippen LogP contribution in [0.1, 0.15) is 31.9 Å². The van der Waals surface area contributed by atoms with Crippen molar-refractivity contribution in [2.24, 2.45) is 5.73 Å². The van der Waals surface area contributed by atoms with Crippen LogP contribution < -0.4 is 5.73 Å². The fourth-order valence-corrected chi connectivity index (χ4v) is 1.57. The van der Waals surface area contributed by atoms with E-state index in [1.165, 1.54) is 11.1 Å². The van der Waals surface area contributed by atoms with Crippen LogP contribution in [0.4, 0.5) is 0 Å². The van der Waals surface area contributed by atoms with Gasteiger partial charge in [0.25, 0.3) is 0 Å². The maximum Gasteiger partial charge on any atom is 0.0138 e. The summed E-state index contributed by atoms with van der Waals surface area (Å²) in [6, 6.07) is 8.53. The molecule has 0 saturated heterocycles. The zero-order chi connectivity index (χ0) is 9.90. The second-order valence-electron chi connectivity index (χ2n) is 4.29. The van der Waals surface area contributed by atoms with Crippen LogP contribution in [0.2, 0.25) is 0 Å². The Labute approximate surface area is 104 Å². The summed E-state index contributed by atoms with van der Waals surface area (Å²) in [7, 11) is 0. The van der Waals surface area contributed by atoms with E-state index >= 15 is 0 Å². The zero-order valence-electron chi connectivity index (χ0n) is 9.21. The van der Waals surface area contributed by atoms with Crippen molar-refractivity contribution in [3.8, 4) is 0 Å². The average Bonchev–Trinajstić information content (AvgIpc) is 2.02. The highest BCUT2D eigenvalue weighted by molar-refractivity contribution is 14.0. The van der Waals surface area contributed by atoms with Gasteiger partial charge in [-0.05, 0) is 37.8 Å². The first kappa shape index (κ1) is 13.9. The molecule has 0 bridgehead atoms. The molecule has 0 saturated carbocycles. The predicted octanol–water partition coefficient (Wildman–Crippen LogP) is 3.15. The van der Waals surface area contributed by atoms with Gasteiger partial charge in [-0.2, -0.15) is 0 Å². The van der Waals surface area contributed by atoms with Gasteiger partial charge in [-0.15, -0.1) is 24.0 Å². The zero-order valence-corrected chi connectivity index (χ0v) is 11.5. The Bertz CT molecular complexity index is 276. The monoisotopic (exact) mass is 305 g/mol. The number of hydrogen-bond acceptors (Lipinski definition) is 1. The van der Waals surface area contributed by atoms with Gasteiger partial charge in [-0.3, -0.25) is 0 Å². The first-order valence-corrected chi connectivity index (χ1v) is 4.88. The average molecular weight is 305 g/mol. The largest absolute Gasteiger partial charge is 0.325 e. The molecule has 0 amide bonds. The lowest BCUT2D eigenvalue weighted by atomic mass is 9.92. The van der Waals surface area contributed by atoms with E-state index in [2.05, 4.69) is 45.0 Å². The molecule has 1 nitrogen and oxygen atoms in total. The van der Waals surface area contributed by atoms with Crippen molar-refractivity contribution >= 4 is 24.0 Å². The maximum atomic E-state index is 5.99. The Kier molecular flexibility index (Phi) is 5.67. The number of hydrogen-bond donors (Lipinski definition) is 1. The third-order valence-electron chi connectivity index (χ3n) is 2.15. The van der Waals surface area contributed by atoms with E-state index < -0.39 is 0 Å². The minimum atomic E-state index is -0.106. The molecule has 14 heavy (non-hydrogen) atoms. The standard InChI is InChI=1S/C12H19N.HI/c1-4-10-7-5-6-8-11(10)9-12(2,3)13;/h5-8H,4,9,13H2,1-3H3;1H. The van der Waals surface area contributed by atoms with Gasteiger partial charge in [-0.1, -0.05) is 31.2 Å². The molecular weight excluding hydrogens is 285 g/mol. The Morgan fingerprint density at radius 3 is 2.07 bits per heavy atom. The van der Waals surface area contributed by atoms with E-state index in [0.717, 1.165) is 12.8 Å². The van der Waals surface area contributed by atoms with Crippen molar-refractivity contribution < 1.29 is 0 Å². The van der Waals surface area contributed by atoms with Crippen molar-refractivity contribution in [3.63, 3.8) is 0 Å². The van der Waals surface area contributed by atoms with Gasteiger partial charge in [0.15, 0.2) is 0 Å². The van der Waals surface area contributed by atoms with Crippen LogP contribution in [0.5, 0.6) is 0 Å². The quantitative estimate of drug-likeness (QED) is 0.853. The van der Waals surface area contributed by atoms with Crippen LogP contribution in [-0.2, 0) is 12.8 Å². The number of halogens is 1. The number of aryl methyl sites for hydroxylation is 1. The van der Waals surface area contributed by atoms with E-state index in [9.17, 15) is 0 Å². The molecule has 0 atom stereocenters. The lowest BCUT2D eigenvalue weighted by Gasteiger charge is -2.20. The van der Waals surface area contributed by atoms with Crippen LogP contribution in [0.15, 0.2) is 24.3 Å². The molecule has 80 valence electrons. The van der Waals surface area contributed by atoms with Gasteiger partial charge >= 0.3 is 0 Å². The molecular formula is C12H20IN. The van der Waals surface area contributed by atoms with Gasteiger partial charge in [0.1, 0.15) is 0 Å². The summed E-state index contributed by atoms with van der Waals surface area (Å²) < 4.78 is 0. The van der Waals surface area contributed by atoms with Crippen molar-refractivity contribution in [2.45, 2.75) is 39.2 Å². The first-order chi connectivity index (χ1) is 6.03. The van der Waals surface area contributed by atoms with Crippen molar-refractivity contribution in [1.29, 1.82) is 0 Å². The fraction of sp³-hybridized carbons (Fsp3) is 0.500. The SMILES string of the molecule is CCc1ccccc1CC(C)(C)N.I. The van der Waals surface area contributed by atoms with Gasteiger partial charge in [0, 0.05) is 5.54 Å². The van der Waals surface area contributed by atoms with E-state index in [4.69, 9.17) is 5.73 Å². The molecule has 0 heterocycles. The molecule has 0 aliphatic heterocycles. The van der Waals surface area contributed by atoms with Crippen LogP contribution in [0.3, 0.4) is 0 Å². The second-order valence-corrected chi connectivity index (χ2v) is 4.29. The molecule has 0 spiro atoms. The topological polar surface area (TPSA) is 26.0 Å². The van der Waals surface area contributed by atoms with Crippen LogP contribution >= 0.6 is 24.0 Å². The Morgan fingerprint density at radius 2 is 1.64 bits per heavy atom. The van der Waals surface area contributed by atoms with Crippen molar-refractivity contribution in [3.05, 3.63) is 35.4 Å². The van der Waals surface area contributed by atoms with E-state index in [-0.39, 0.29) is 29.5 Å². The summed E-state index contributed by atoms with van der Waals surface area (Å²) in [5.41, 5.74) is 8.69. The third-order valence-corrected chi connectivity index (χ3v) is 2.15. The molecule has 1 aromatic carbocycles. The van der Waals surface area contributed by atoms with Gasteiger partial charge in [0.2, 0.25) is 0 Å². The summed E-state index contributed by atoms with van der Waals surface area (Å²) in [5, 5.41) is 0. The van der Waals surface area contributed by atoms with Gasteiger partial charge in [0.05, 0.1) is 0 Å². The summed E-state index contributed by atoms with van der Waals surface area (Å²) >= 11 is 0. The van der Waals surface area contributed by atoms with E-state index in [1.54, 1.807) is 0 Å². The molecule has 0 fully saturated rings. The van der Waals surface area contributed by atoms with Crippen LogP contribution in [0.25, 0.3) is 0 Å².